The minimum absolute atomic E-state index is 0.0484. The first kappa shape index (κ1) is 22.5. The van der Waals surface area contributed by atoms with Gasteiger partial charge in [0.1, 0.15) is 29.8 Å². The summed E-state index contributed by atoms with van der Waals surface area (Å²) < 4.78 is 19.4. The summed E-state index contributed by atoms with van der Waals surface area (Å²) in [6.45, 7) is -0.0484. The number of nitrogens with zero attached hydrogens (tertiary/aromatic N) is 1. The van der Waals surface area contributed by atoms with Gasteiger partial charge in [-0.3, -0.25) is 4.79 Å². The molecule has 0 unspecified atom stereocenters. The summed E-state index contributed by atoms with van der Waals surface area (Å²) in [6, 6.07) is 18.3. The van der Waals surface area contributed by atoms with Gasteiger partial charge in [-0.1, -0.05) is 29.8 Å². The Balaban J connectivity index is 1.66. The van der Waals surface area contributed by atoms with Crippen LogP contribution in [0.25, 0.3) is 6.08 Å². The fraction of sp³-hybridized carbons (Fsp3) is 0.0417. The summed E-state index contributed by atoms with van der Waals surface area (Å²) >= 11 is 5.98. The topological polar surface area (TPSA) is 99.4 Å². The maximum Gasteiger partial charge on any atom is 0.335 e. The highest BCUT2D eigenvalue weighted by molar-refractivity contribution is 6.31. The average molecular weight is 451 g/mol. The summed E-state index contributed by atoms with van der Waals surface area (Å²) in [5, 5.41) is 21.1. The van der Waals surface area contributed by atoms with Gasteiger partial charge in [0.05, 0.1) is 10.6 Å². The van der Waals surface area contributed by atoms with E-state index < -0.39 is 17.7 Å². The third kappa shape index (κ3) is 5.72. The Labute approximate surface area is 188 Å². The van der Waals surface area contributed by atoms with Crippen molar-refractivity contribution in [2.24, 2.45) is 0 Å². The van der Waals surface area contributed by atoms with Gasteiger partial charge >= 0.3 is 5.97 Å². The van der Waals surface area contributed by atoms with Crippen LogP contribution in [-0.4, -0.2) is 17.0 Å². The number of carboxylic acids is 1. The van der Waals surface area contributed by atoms with Gasteiger partial charge in [-0.05, 0) is 60.2 Å². The third-order valence-corrected chi connectivity index (χ3v) is 4.74. The van der Waals surface area contributed by atoms with Crippen molar-refractivity contribution in [3.8, 4) is 11.8 Å². The largest absolute Gasteiger partial charge is 0.489 e. The van der Waals surface area contributed by atoms with Gasteiger partial charge in [-0.2, -0.15) is 5.26 Å². The molecule has 0 aromatic heterocycles. The van der Waals surface area contributed by atoms with Gasteiger partial charge in [0.15, 0.2) is 0 Å². The molecule has 0 saturated carbocycles. The lowest BCUT2D eigenvalue weighted by atomic mass is 10.1. The van der Waals surface area contributed by atoms with Crippen LogP contribution >= 0.6 is 11.6 Å². The number of nitriles is 1. The normalized spacial score (nSPS) is 10.8. The minimum Gasteiger partial charge on any atom is -0.489 e. The van der Waals surface area contributed by atoms with Crippen LogP contribution in [0.3, 0.4) is 0 Å². The van der Waals surface area contributed by atoms with Gasteiger partial charge in [0, 0.05) is 11.3 Å². The zero-order chi connectivity index (χ0) is 23.1. The van der Waals surface area contributed by atoms with Gasteiger partial charge < -0.3 is 15.2 Å². The molecular weight excluding hydrogens is 435 g/mol. The maximum atomic E-state index is 13.8. The second kappa shape index (κ2) is 10.2. The molecule has 0 saturated heterocycles. The SMILES string of the molecule is N#C/C(=C\c1ccc(OCc2c(F)cccc2Cl)cc1)C(=O)Nc1ccc(C(=O)O)cc1. The Morgan fingerprint density at radius 1 is 1.09 bits per heavy atom. The molecule has 0 atom stereocenters. The molecule has 32 heavy (non-hydrogen) atoms. The van der Waals surface area contributed by atoms with Gasteiger partial charge in [0.2, 0.25) is 0 Å². The lowest BCUT2D eigenvalue weighted by Gasteiger charge is -2.09. The number of halogens is 2. The highest BCUT2D eigenvalue weighted by atomic mass is 35.5. The highest BCUT2D eigenvalue weighted by Gasteiger charge is 2.11. The number of rotatable bonds is 7. The number of carbonyl (C=O) groups excluding carboxylic acids is 1. The number of hydrogen-bond acceptors (Lipinski definition) is 4. The van der Waals surface area contributed by atoms with Crippen molar-refractivity contribution >= 4 is 35.2 Å². The Bertz CT molecular complexity index is 1200. The second-order valence-electron chi connectivity index (χ2n) is 6.56. The van der Waals surface area contributed by atoms with Crippen molar-refractivity contribution in [1.82, 2.24) is 0 Å². The fourth-order valence-electron chi connectivity index (χ4n) is 2.70. The molecule has 160 valence electrons. The average Bonchev–Trinajstić information content (AvgIpc) is 2.78. The highest BCUT2D eigenvalue weighted by Crippen LogP contribution is 2.22. The number of carboxylic acid groups (broad SMARTS) is 1. The molecule has 1 amide bonds. The molecule has 8 heteroatoms. The first-order valence-electron chi connectivity index (χ1n) is 9.29. The van der Waals surface area contributed by atoms with Crippen molar-refractivity contribution in [2.75, 3.05) is 5.32 Å². The van der Waals surface area contributed by atoms with Crippen molar-refractivity contribution in [3.05, 3.63) is 99.8 Å². The molecule has 0 spiro atoms. The predicted molar refractivity (Wildman–Crippen MR) is 118 cm³/mol. The second-order valence-corrected chi connectivity index (χ2v) is 6.97. The monoisotopic (exact) mass is 450 g/mol. The molecule has 6 nitrogen and oxygen atoms in total. The van der Waals surface area contributed by atoms with E-state index in [-0.39, 0.29) is 28.3 Å². The number of carbonyl (C=O) groups is 2. The van der Waals surface area contributed by atoms with Crippen molar-refractivity contribution in [2.45, 2.75) is 6.61 Å². The van der Waals surface area contributed by atoms with Crippen molar-refractivity contribution in [3.63, 3.8) is 0 Å². The molecule has 3 rings (SSSR count). The molecule has 0 heterocycles. The summed E-state index contributed by atoms with van der Waals surface area (Å²) in [5.41, 5.74) is 1.13. The number of benzene rings is 3. The molecule has 2 N–H and O–H groups in total. The fourth-order valence-corrected chi connectivity index (χ4v) is 2.91. The van der Waals surface area contributed by atoms with E-state index in [2.05, 4.69) is 5.32 Å². The van der Waals surface area contributed by atoms with E-state index in [1.54, 1.807) is 30.3 Å². The van der Waals surface area contributed by atoms with E-state index in [0.717, 1.165) is 0 Å². The minimum atomic E-state index is -1.08. The molecule has 0 radical (unpaired) electrons. The van der Waals surface area contributed by atoms with E-state index in [0.29, 0.717) is 17.0 Å². The molecule has 0 aliphatic rings. The first-order chi connectivity index (χ1) is 15.4. The van der Waals surface area contributed by atoms with Crippen LogP contribution in [0, 0.1) is 17.1 Å². The summed E-state index contributed by atoms with van der Waals surface area (Å²) in [6.07, 6.45) is 1.40. The Kier molecular flexibility index (Phi) is 7.21. The molecule has 3 aromatic carbocycles. The van der Waals surface area contributed by atoms with Gasteiger partial charge in [0.25, 0.3) is 5.91 Å². The van der Waals surface area contributed by atoms with E-state index in [1.165, 1.54) is 42.5 Å². The quantitative estimate of drug-likeness (QED) is 0.375. The Morgan fingerprint density at radius 2 is 1.78 bits per heavy atom. The molecule has 0 bridgehead atoms. The van der Waals surface area contributed by atoms with Gasteiger partial charge in [-0.25, -0.2) is 9.18 Å². The Hall–Kier alpha value is -4.15. The van der Waals surface area contributed by atoms with E-state index >= 15 is 0 Å². The van der Waals surface area contributed by atoms with E-state index in [1.807, 2.05) is 6.07 Å². The summed E-state index contributed by atoms with van der Waals surface area (Å²) in [5.74, 6) is -1.71. The van der Waals surface area contributed by atoms with Crippen LogP contribution in [-0.2, 0) is 11.4 Å². The zero-order valence-corrected chi connectivity index (χ0v) is 17.3. The van der Waals surface area contributed by atoms with Crippen LogP contribution in [0.2, 0.25) is 5.02 Å². The number of nitrogens with one attached hydrogen (secondary N) is 1. The van der Waals surface area contributed by atoms with Crippen LogP contribution in [0.1, 0.15) is 21.5 Å². The lowest BCUT2D eigenvalue weighted by Crippen LogP contribution is -2.13. The predicted octanol–water partition coefficient (Wildman–Crippen LogP) is 5.30. The Morgan fingerprint density at radius 3 is 2.38 bits per heavy atom. The van der Waals surface area contributed by atoms with E-state index in [4.69, 9.17) is 21.4 Å². The number of ether oxygens (including phenoxy) is 1. The number of anilines is 1. The van der Waals surface area contributed by atoms with Crippen molar-refractivity contribution in [1.29, 1.82) is 5.26 Å². The van der Waals surface area contributed by atoms with Gasteiger partial charge in [-0.15, -0.1) is 0 Å². The summed E-state index contributed by atoms with van der Waals surface area (Å²) in [7, 11) is 0. The van der Waals surface area contributed by atoms with Crippen molar-refractivity contribution < 1.29 is 23.8 Å². The third-order valence-electron chi connectivity index (χ3n) is 4.39. The lowest BCUT2D eigenvalue weighted by molar-refractivity contribution is -0.112. The number of amides is 1. The molecule has 3 aromatic rings. The summed E-state index contributed by atoms with van der Waals surface area (Å²) in [4.78, 5) is 23.3. The maximum absolute atomic E-state index is 13.8. The standard InChI is InChI=1S/C24H16ClFN2O4/c25-21-2-1-3-22(26)20(21)14-32-19-10-4-15(5-11-19)12-17(13-27)23(29)28-18-8-6-16(7-9-18)24(30)31/h1-12H,14H2,(H,28,29)(H,30,31)/b17-12+. The number of aromatic carboxylic acids is 1. The van der Waals surface area contributed by atoms with Crippen LogP contribution in [0.5, 0.6) is 5.75 Å². The zero-order valence-electron chi connectivity index (χ0n) is 16.5. The first-order valence-corrected chi connectivity index (χ1v) is 9.67. The number of hydrogen-bond donors (Lipinski definition) is 2. The molecule has 0 fully saturated rings. The van der Waals surface area contributed by atoms with Crippen LogP contribution < -0.4 is 10.1 Å². The van der Waals surface area contributed by atoms with Crippen LogP contribution in [0.15, 0.2) is 72.3 Å². The molecule has 0 aliphatic carbocycles. The van der Waals surface area contributed by atoms with E-state index in [9.17, 15) is 19.2 Å². The molecular formula is C24H16ClFN2O4. The smallest absolute Gasteiger partial charge is 0.335 e. The molecule has 0 aliphatic heterocycles. The van der Waals surface area contributed by atoms with Crippen LogP contribution in [0.4, 0.5) is 10.1 Å².